The van der Waals surface area contributed by atoms with Crippen molar-refractivity contribution in [3.8, 4) is 29.1 Å². The van der Waals surface area contributed by atoms with Gasteiger partial charge in [-0.3, -0.25) is 15.1 Å². The molecule has 0 saturated carbocycles. The number of methoxy groups -OCH3 is 3. The van der Waals surface area contributed by atoms with Gasteiger partial charge in [0.25, 0.3) is 11.0 Å². The normalized spacial score (nSPS) is 15.6. The highest BCUT2D eigenvalue weighted by Crippen LogP contribution is 2.39. The van der Waals surface area contributed by atoms with Crippen molar-refractivity contribution in [1.29, 1.82) is 5.26 Å². The quantitative estimate of drug-likeness (QED) is 0.160. The van der Waals surface area contributed by atoms with Gasteiger partial charge in [0.05, 0.1) is 39.4 Å². The number of ether oxygens (including phenoxy) is 4. The van der Waals surface area contributed by atoms with Gasteiger partial charge in [0.2, 0.25) is 0 Å². The summed E-state index contributed by atoms with van der Waals surface area (Å²) in [6, 6.07) is 14.1. The number of hydrogen-bond donors (Lipinski definition) is 1. The smallest absolute Gasteiger partial charge is 0.294 e. The van der Waals surface area contributed by atoms with E-state index in [4.69, 9.17) is 18.9 Å². The van der Waals surface area contributed by atoms with Crippen LogP contribution in [0.2, 0.25) is 0 Å². The topological polar surface area (TPSA) is 149 Å². The van der Waals surface area contributed by atoms with Crippen LogP contribution in [0.25, 0.3) is 0 Å². The summed E-state index contributed by atoms with van der Waals surface area (Å²) in [7, 11) is 6.81. The van der Waals surface area contributed by atoms with E-state index in [1.54, 1.807) is 26.3 Å². The molecule has 0 aromatic heterocycles. The fraction of sp³-hybridized carbons (Fsp3) is 0.588. The summed E-state index contributed by atoms with van der Waals surface area (Å²) in [4.78, 5) is 29.8. The maximum absolute atomic E-state index is 12.7. The Morgan fingerprint density at radius 2 is 1.74 bits per heavy atom. The van der Waals surface area contributed by atoms with Crippen LogP contribution in [-0.2, 0) is 15.0 Å². The van der Waals surface area contributed by atoms with E-state index in [2.05, 4.69) is 42.1 Å². The average molecular weight is 656 g/mol. The zero-order valence-corrected chi connectivity index (χ0v) is 28.5. The summed E-state index contributed by atoms with van der Waals surface area (Å²) < 4.78 is 22.3. The van der Waals surface area contributed by atoms with Crippen molar-refractivity contribution in [1.82, 2.24) is 15.3 Å². The lowest BCUT2D eigenvalue weighted by atomic mass is 9.74. The summed E-state index contributed by atoms with van der Waals surface area (Å²) in [6.07, 6.45) is 4.48. The molecule has 0 radical (unpaired) electrons. The Labute approximate surface area is 277 Å². The Kier molecular flexibility index (Phi) is 14.4. The number of nitrogens with one attached hydrogen (secondary N) is 1. The molecule has 13 heteroatoms. The van der Waals surface area contributed by atoms with Crippen molar-refractivity contribution in [3.63, 3.8) is 0 Å². The van der Waals surface area contributed by atoms with E-state index in [1.165, 1.54) is 0 Å². The van der Waals surface area contributed by atoms with E-state index in [1.807, 2.05) is 36.4 Å². The first kappa shape index (κ1) is 37.2. The molecule has 3 rings (SSSR count). The van der Waals surface area contributed by atoms with Crippen LogP contribution in [-0.4, -0.2) is 82.1 Å². The third kappa shape index (κ3) is 10.4. The highest BCUT2D eigenvalue weighted by Gasteiger charge is 2.32. The third-order valence-electron chi connectivity index (χ3n) is 8.94. The van der Waals surface area contributed by atoms with Crippen molar-refractivity contribution < 1.29 is 33.7 Å². The van der Waals surface area contributed by atoms with Gasteiger partial charge in [0.1, 0.15) is 0 Å². The highest BCUT2D eigenvalue weighted by atomic mass is 16.9. The van der Waals surface area contributed by atoms with Crippen LogP contribution in [0.3, 0.4) is 0 Å². The molecule has 1 amide bonds. The Balaban J connectivity index is 1.58. The number of rotatable bonds is 19. The number of amides is 1. The number of piperidine rings is 1. The lowest BCUT2D eigenvalue weighted by molar-refractivity contribution is -0.759. The number of hydrazine groups is 1. The van der Waals surface area contributed by atoms with Crippen LogP contribution >= 0.6 is 0 Å². The minimum atomic E-state index is -0.774. The molecule has 0 aliphatic carbocycles. The largest absolute Gasteiger partial charge is 0.493 e. The number of nitrogens with zero attached hydrogens (tertiary/aromatic N) is 4. The van der Waals surface area contributed by atoms with Gasteiger partial charge < -0.3 is 23.8 Å². The lowest BCUT2D eigenvalue weighted by Crippen LogP contribution is -2.48. The molecule has 1 N–H and O–H groups in total. The second-order valence-corrected chi connectivity index (χ2v) is 12.0. The monoisotopic (exact) mass is 655 g/mol. The van der Waals surface area contributed by atoms with Crippen LogP contribution in [0, 0.1) is 27.4 Å². The van der Waals surface area contributed by atoms with E-state index in [0.717, 1.165) is 36.9 Å². The van der Waals surface area contributed by atoms with Crippen molar-refractivity contribution in [2.45, 2.75) is 63.8 Å². The van der Waals surface area contributed by atoms with Crippen LogP contribution < -0.4 is 24.4 Å². The van der Waals surface area contributed by atoms with Crippen molar-refractivity contribution >= 4 is 5.91 Å². The van der Waals surface area contributed by atoms with E-state index >= 15 is 0 Å². The molecule has 0 bridgehead atoms. The molecule has 2 atom stereocenters. The zero-order valence-electron chi connectivity index (χ0n) is 28.5. The Hall–Kier alpha value is -4.28. The molecular formula is C34H49N5O8. The molecule has 258 valence electrons. The third-order valence-corrected chi connectivity index (χ3v) is 8.94. The van der Waals surface area contributed by atoms with Gasteiger partial charge in [-0.2, -0.15) is 5.26 Å². The van der Waals surface area contributed by atoms with Crippen molar-refractivity contribution in [2.75, 3.05) is 61.2 Å². The predicted octanol–water partition coefficient (Wildman–Crippen LogP) is 5.08. The average Bonchev–Trinajstić information content (AvgIpc) is 3.09. The summed E-state index contributed by atoms with van der Waals surface area (Å²) in [5.41, 5.74) is 4.15. The van der Waals surface area contributed by atoms with Gasteiger partial charge in [-0.15, -0.1) is 10.1 Å². The number of carbonyl (C=O) groups excluding carboxylic acids is 1. The molecule has 1 saturated heterocycles. The summed E-state index contributed by atoms with van der Waals surface area (Å²) in [5, 5.41) is 21.9. The van der Waals surface area contributed by atoms with E-state index in [0.29, 0.717) is 55.4 Å². The van der Waals surface area contributed by atoms with Gasteiger partial charge in [-0.1, -0.05) is 25.5 Å². The van der Waals surface area contributed by atoms with E-state index < -0.39 is 10.5 Å². The first-order chi connectivity index (χ1) is 22.6. The number of carbonyl (C=O) groups is 1. The molecule has 2 aromatic carbocycles. The maximum atomic E-state index is 12.7. The molecule has 2 unspecified atom stereocenters. The fourth-order valence-electron chi connectivity index (χ4n) is 6.02. The van der Waals surface area contributed by atoms with E-state index in [9.17, 15) is 20.2 Å². The second kappa shape index (κ2) is 18.2. The SMILES string of the molecule is CCCC(C#N)(CCCN(C)C(C)c1ccc(OC)c(OCC(=O)NN2CCC(CO[N+](=O)[O-])CC2)c1)c1ccc(OC)c(OC)c1. The van der Waals surface area contributed by atoms with Crippen molar-refractivity contribution in [2.24, 2.45) is 5.92 Å². The van der Waals surface area contributed by atoms with Crippen LogP contribution in [0.15, 0.2) is 36.4 Å². The lowest BCUT2D eigenvalue weighted by Gasteiger charge is -2.31. The first-order valence-corrected chi connectivity index (χ1v) is 16.1. The second-order valence-electron chi connectivity index (χ2n) is 12.0. The molecule has 47 heavy (non-hydrogen) atoms. The number of nitriles is 1. The predicted molar refractivity (Wildman–Crippen MR) is 176 cm³/mol. The van der Waals surface area contributed by atoms with Gasteiger partial charge in [0.15, 0.2) is 29.6 Å². The Morgan fingerprint density at radius 1 is 1.09 bits per heavy atom. The number of benzene rings is 2. The van der Waals surface area contributed by atoms with Gasteiger partial charge in [0, 0.05) is 19.1 Å². The maximum Gasteiger partial charge on any atom is 0.294 e. The summed E-state index contributed by atoms with van der Waals surface area (Å²) >= 11 is 0. The summed E-state index contributed by atoms with van der Waals surface area (Å²) in [6.45, 7) is 5.98. The fourth-order valence-corrected chi connectivity index (χ4v) is 6.02. The minimum Gasteiger partial charge on any atom is -0.493 e. The molecule has 0 spiro atoms. The molecule has 1 aliphatic rings. The van der Waals surface area contributed by atoms with Gasteiger partial charge in [-0.05, 0) is 93.9 Å². The molecule has 1 heterocycles. The summed E-state index contributed by atoms with van der Waals surface area (Å²) in [5.74, 6) is 2.03. The minimum absolute atomic E-state index is 0.0291. The molecule has 13 nitrogen and oxygen atoms in total. The molecule has 2 aromatic rings. The van der Waals surface area contributed by atoms with Gasteiger partial charge in [-0.25, -0.2) is 5.01 Å². The first-order valence-electron chi connectivity index (χ1n) is 16.1. The van der Waals surface area contributed by atoms with Crippen LogP contribution in [0.1, 0.15) is 69.5 Å². The van der Waals surface area contributed by atoms with Crippen LogP contribution in [0.5, 0.6) is 23.0 Å². The zero-order chi connectivity index (χ0) is 34.4. The standard InChI is InChI=1S/C34H49N5O8/c1-7-15-34(24-35,28-10-12-29(43-4)31(21-28)45-6)16-8-17-37(3)25(2)27-9-11-30(44-5)32(20-27)46-23-33(40)36-38-18-13-26(14-19-38)22-47-39(41)42/h9-12,20-21,25-26H,7-8,13-19,22-23H2,1-6H3,(H,36,40). The Bertz CT molecular complexity index is 1360. The van der Waals surface area contributed by atoms with E-state index in [-0.39, 0.29) is 31.1 Å². The van der Waals surface area contributed by atoms with Crippen LogP contribution in [0.4, 0.5) is 0 Å². The molecular weight excluding hydrogens is 606 g/mol. The molecule has 1 fully saturated rings. The number of hydrogen-bond acceptors (Lipinski definition) is 11. The molecule has 1 aliphatic heterocycles. The van der Waals surface area contributed by atoms with Crippen molar-refractivity contribution in [3.05, 3.63) is 57.6 Å². The Morgan fingerprint density at radius 3 is 2.36 bits per heavy atom. The van der Waals surface area contributed by atoms with Gasteiger partial charge >= 0.3 is 0 Å². The highest BCUT2D eigenvalue weighted by molar-refractivity contribution is 5.77.